The summed E-state index contributed by atoms with van der Waals surface area (Å²) in [6.07, 6.45) is 5.51. The van der Waals surface area contributed by atoms with Crippen molar-refractivity contribution in [2.24, 2.45) is 10.7 Å². The summed E-state index contributed by atoms with van der Waals surface area (Å²) in [6.45, 7) is 1.26. The number of hydrogen-bond donors (Lipinski definition) is 2. The molecule has 0 atom stereocenters. The molecule has 6 nitrogen and oxygen atoms in total. The molecule has 0 aliphatic carbocycles. The van der Waals surface area contributed by atoms with Crippen molar-refractivity contribution in [3.63, 3.8) is 0 Å². The van der Waals surface area contributed by atoms with Gasteiger partial charge in [-0.2, -0.15) is 0 Å². The predicted octanol–water partition coefficient (Wildman–Crippen LogP) is 4.14. The van der Waals surface area contributed by atoms with Crippen molar-refractivity contribution in [3.05, 3.63) is 77.3 Å². The van der Waals surface area contributed by atoms with Gasteiger partial charge in [0.05, 0.1) is 25.0 Å². The van der Waals surface area contributed by atoms with Gasteiger partial charge in [0.2, 0.25) is 0 Å². The summed E-state index contributed by atoms with van der Waals surface area (Å²) >= 11 is 6.11. The number of halogens is 2. The highest BCUT2D eigenvalue weighted by Gasteiger charge is 2.03. The van der Waals surface area contributed by atoms with Gasteiger partial charge in [0, 0.05) is 24.6 Å². The van der Waals surface area contributed by atoms with E-state index < -0.39 is 0 Å². The molecular weight excluding hydrogens is 477 g/mol. The van der Waals surface area contributed by atoms with E-state index in [4.69, 9.17) is 22.1 Å². The van der Waals surface area contributed by atoms with E-state index in [9.17, 15) is 0 Å². The number of methoxy groups -OCH3 is 1. The Morgan fingerprint density at radius 1 is 1.26 bits per heavy atom. The van der Waals surface area contributed by atoms with Gasteiger partial charge in [-0.15, -0.1) is 24.0 Å². The molecule has 0 aliphatic rings. The third-order valence-electron chi connectivity index (χ3n) is 3.77. The lowest BCUT2D eigenvalue weighted by atomic mass is 10.1. The number of guanidine groups is 1. The molecule has 0 spiro atoms. The van der Waals surface area contributed by atoms with Crippen molar-refractivity contribution >= 4 is 47.2 Å². The molecule has 2 aromatic carbocycles. The molecule has 0 unspecified atom stereocenters. The molecule has 0 amide bonds. The number of hydrogen-bond acceptors (Lipinski definition) is 3. The molecule has 0 saturated carbocycles. The second-order valence-corrected chi connectivity index (χ2v) is 6.14. The fourth-order valence-corrected chi connectivity index (χ4v) is 2.78. The summed E-state index contributed by atoms with van der Waals surface area (Å²) in [7, 11) is 1.57. The fourth-order valence-electron chi connectivity index (χ4n) is 2.53. The van der Waals surface area contributed by atoms with E-state index in [0.29, 0.717) is 23.3 Å². The molecular formula is C19H21ClIN5O. The molecule has 3 rings (SSSR count). The number of benzene rings is 2. The van der Waals surface area contributed by atoms with E-state index in [1.165, 1.54) is 5.56 Å². The molecule has 0 saturated heterocycles. The van der Waals surface area contributed by atoms with Gasteiger partial charge < -0.3 is 20.4 Å². The van der Waals surface area contributed by atoms with Crippen molar-refractivity contribution in [1.82, 2.24) is 9.55 Å². The van der Waals surface area contributed by atoms with Crippen molar-refractivity contribution in [2.75, 3.05) is 12.4 Å². The second kappa shape index (κ2) is 10.2. The molecule has 1 aromatic heterocycles. The highest BCUT2D eigenvalue weighted by molar-refractivity contribution is 14.0. The van der Waals surface area contributed by atoms with Crippen LogP contribution in [0, 0.1) is 0 Å². The van der Waals surface area contributed by atoms with E-state index in [2.05, 4.69) is 27.4 Å². The number of ether oxygens (including phenoxy) is 1. The highest BCUT2D eigenvalue weighted by atomic mass is 127. The monoisotopic (exact) mass is 497 g/mol. The minimum absolute atomic E-state index is 0. The molecule has 0 aliphatic heterocycles. The van der Waals surface area contributed by atoms with Crippen LogP contribution in [0.15, 0.2) is 66.2 Å². The van der Waals surface area contributed by atoms with Gasteiger partial charge in [0.25, 0.3) is 0 Å². The average molecular weight is 498 g/mol. The highest BCUT2D eigenvalue weighted by Crippen LogP contribution is 2.27. The molecule has 3 N–H and O–H groups in total. The number of rotatable bonds is 6. The standard InChI is InChI=1S/C19H20ClN5O.HI/c1-26-18-6-5-16(10-17(18)20)24-19(21)23-11-14-3-2-4-15(9-14)12-25-8-7-22-13-25;/h2-10,13H,11-12H2,1H3,(H3,21,23,24);1H. The van der Waals surface area contributed by atoms with Crippen LogP contribution in [0.2, 0.25) is 5.02 Å². The fraction of sp³-hybridized carbons (Fsp3) is 0.158. The van der Waals surface area contributed by atoms with Crippen molar-refractivity contribution < 1.29 is 4.74 Å². The summed E-state index contributed by atoms with van der Waals surface area (Å²) in [5.74, 6) is 0.939. The quantitative estimate of drug-likeness (QED) is 0.305. The van der Waals surface area contributed by atoms with Gasteiger partial charge in [-0.3, -0.25) is 0 Å². The molecule has 0 radical (unpaired) electrons. The largest absolute Gasteiger partial charge is 0.495 e. The first kappa shape index (κ1) is 21.0. The van der Waals surface area contributed by atoms with Crippen LogP contribution < -0.4 is 15.8 Å². The van der Waals surface area contributed by atoms with Crippen LogP contribution >= 0.6 is 35.6 Å². The van der Waals surface area contributed by atoms with Gasteiger partial charge in [0.1, 0.15) is 5.75 Å². The van der Waals surface area contributed by atoms with Crippen LogP contribution in [0.5, 0.6) is 5.75 Å². The average Bonchev–Trinajstić information content (AvgIpc) is 3.13. The van der Waals surface area contributed by atoms with E-state index >= 15 is 0 Å². The normalized spacial score (nSPS) is 11.0. The minimum atomic E-state index is 0. The summed E-state index contributed by atoms with van der Waals surface area (Å²) < 4.78 is 7.15. The predicted molar refractivity (Wildman–Crippen MR) is 120 cm³/mol. The van der Waals surface area contributed by atoms with E-state index in [0.717, 1.165) is 17.8 Å². The Labute approximate surface area is 180 Å². The number of imidazole rings is 1. The summed E-state index contributed by atoms with van der Waals surface area (Å²) in [5, 5.41) is 3.54. The first-order chi connectivity index (χ1) is 12.6. The Morgan fingerprint density at radius 3 is 2.78 bits per heavy atom. The van der Waals surface area contributed by atoms with E-state index in [1.54, 1.807) is 31.8 Å². The van der Waals surface area contributed by atoms with Gasteiger partial charge in [0.15, 0.2) is 5.96 Å². The lowest BCUT2D eigenvalue weighted by molar-refractivity contribution is 0.415. The van der Waals surface area contributed by atoms with Gasteiger partial charge in [-0.05, 0) is 29.3 Å². The van der Waals surface area contributed by atoms with Crippen LogP contribution in [0.1, 0.15) is 11.1 Å². The van der Waals surface area contributed by atoms with Crippen molar-refractivity contribution in [2.45, 2.75) is 13.1 Å². The van der Waals surface area contributed by atoms with Gasteiger partial charge in [-0.1, -0.05) is 35.9 Å². The molecule has 27 heavy (non-hydrogen) atoms. The summed E-state index contributed by atoms with van der Waals surface area (Å²) in [4.78, 5) is 8.45. The molecule has 8 heteroatoms. The topological polar surface area (TPSA) is 77.5 Å². The number of aromatic nitrogens is 2. The molecule has 0 fully saturated rings. The third-order valence-corrected chi connectivity index (χ3v) is 4.07. The first-order valence-electron chi connectivity index (χ1n) is 8.08. The van der Waals surface area contributed by atoms with Crippen LogP contribution in [0.4, 0.5) is 5.69 Å². The number of nitrogens with two attached hydrogens (primary N) is 1. The first-order valence-corrected chi connectivity index (χ1v) is 8.46. The number of nitrogens with zero attached hydrogens (tertiary/aromatic N) is 3. The summed E-state index contributed by atoms with van der Waals surface area (Å²) in [5.41, 5.74) is 9.00. The maximum absolute atomic E-state index is 6.11. The Morgan fingerprint density at radius 2 is 2.07 bits per heavy atom. The third kappa shape index (κ3) is 6.14. The van der Waals surface area contributed by atoms with Gasteiger partial charge in [-0.25, -0.2) is 9.98 Å². The van der Waals surface area contributed by atoms with Crippen LogP contribution in [-0.4, -0.2) is 22.6 Å². The zero-order valence-electron chi connectivity index (χ0n) is 14.8. The molecule has 142 valence electrons. The van der Waals surface area contributed by atoms with Crippen LogP contribution in [-0.2, 0) is 13.1 Å². The molecule has 1 heterocycles. The van der Waals surface area contributed by atoms with Crippen LogP contribution in [0.25, 0.3) is 0 Å². The van der Waals surface area contributed by atoms with E-state index in [-0.39, 0.29) is 24.0 Å². The number of aliphatic imine (C=N–C) groups is 1. The lowest BCUT2D eigenvalue weighted by Crippen LogP contribution is -2.22. The maximum atomic E-state index is 6.11. The zero-order valence-corrected chi connectivity index (χ0v) is 17.9. The zero-order chi connectivity index (χ0) is 18.4. The van der Waals surface area contributed by atoms with Gasteiger partial charge >= 0.3 is 0 Å². The summed E-state index contributed by atoms with van der Waals surface area (Å²) in [6, 6.07) is 13.6. The molecule has 3 aromatic rings. The van der Waals surface area contributed by atoms with E-state index in [1.807, 2.05) is 29.0 Å². The Bertz CT molecular complexity index is 899. The smallest absolute Gasteiger partial charge is 0.193 e. The SMILES string of the molecule is COc1ccc(NC(N)=NCc2cccc(Cn3ccnc3)c2)cc1Cl.I. The second-order valence-electron chi connectivity index (χ2n) is 5.73. The number of anilines is 1. The lowest BCUT2D eigenvalue weighted by Gasteiger charge is -2.09. The number of nitrogens with one attached hydrogen (secondary N) is 1. The maximum Gasteiger partial charge on any atom is 0.193 e. The van der Waals surface area contributed by atoms with Crippen molar-refractivity contribution in [3.8, 4) is 5.75 Å². The molecule has 0 bridgehead atoms. The Kier molecular flexibility index (Phi) is 7.93. The van der Waals surface area contributed by atoms with Crippen LogP contribution in [0.3, 0.4) is 0 Å². The van der Waals surface area contributed by atoms with Crippen molar-refractivity contribution in [1.29, 1.82) is 0 Å². The minimum Gasteiger partial charge on any atom is -0.495 e. The Balaban J connectivity index is 0.00000261. The Hall–Kier alpha value is -2.26.